The lowest BCUT2D eigenvalue weighted by Crippen LogP contribution is -2.23. The lowest BCUT2D eigenvalue weighted by molar-refractivity contribution is -0.115. The van der Waals surface area contributed by atoms with Gasteiger partial charge in [-0.2, -0.15) is 0 Å². The van der Waals surface area contributed by atoms with Crippen LogP contribution in [-0.4, -0.2) is 25.9 Å². The van der Waals surface area contributed by atoms with Crippen LogP contribution in [0.2, 0.25) is 5.02 Å². The van der Waals surface area contributed by atoms with E-state index in [9.17, 15) is 9.18 Å². The third kappa shape index (κ3) is 4.79. The van der Waals surface area contributed by atoms with E-state index >= 15 is 0 Å². The molecule has 1 atom stereocenters. The number of nitrogens with one attached hydrogen (secondary N) is 1. The third-order valence-electron chi connectivity index (χ3n) is 3.87. The number of rotatable bonds is 7. The van der Waals surface area contributed by atoms with Crippen molar-refractivity contribution in [2.24, 2.45) is 0 Å². The minimum absolute atomic E-state index is 0.253. The highest BCUT2D eigenvalue weighted by Gasteiger charge is 2.20. The number of hydrogen-bond acceptors (Lipinski definition) is 4. The number of thioether (sulfide) groups is 1. The van der Waals surface area contributed by atoms with Gasteiger partial charge in [-0.25, -0.2) is 4.39 Å². The molecular weight excluding hydrogens is 399 g/mol. The summed E-state index contributed by atoms with van der Waals surface area (Å²) in [6, 6.07) is 13.1. The first-order valence-corrected chi connectivity index (χ1v) is 9.77. The molecule has 28 heavy (non-hydrogen) atoms. The van der Waals surface area contributed by atoms with Gasteiger partial charge in [0.1, 0.15) is 5.82 Å². The zero-order chi connectivity index (χ0) is 20.1. The van der Waals surface area contributed by atoms with Crippen molar-refractivity contribution in [3.63, 3.8) is 0 Å². The van der Waals surface area contributed by atoms with Crippen LogP contribution in [0.15, 0.2) is 66.3 Å². The fourth-order valence-corrected chi connectivity index (χ4v) is 3.49. The summed E-state index contributed by atoms with van der Waals surface area (Å²) < 4.78 is 15.2. The van der Waals surface area contributed by atoms with Gasteiger partial charge in [-0.3, -0.25) is 9.36 Å². The van der Waals surface area contributed by atoms with Gasteiger partial charge in [-0.15, -0.1) is 16.8 Å². The molecule has 0 bridgehead atoms. The summed E-state index contributed by atoms with van der Waals surface area (Å²) in [4.78, 5) is 12.5. The van der Waals surface area contributed by atoms with E-state index in [2.05, 4.69) is 22.1 Å². The molecule has 5 nitrogen and oxygen atoms in total. The van der Waals surface area contributed by atoms with Crippen LogP contribution in [0.25, 0.3) is 11.4 Å². The van der Waals surface area contributed by atoms with Crippen LogP contribution in [0.5, 0.6) is 0 Å². The quantitative estimate of drug-likeness (QED) is 0.433. The molecule has 3 rings (SSSR count). The molecule has 0 aliphatic carbocycles. The van der Waals surface area contributed by atoms with Crippen molar-refractivity contribution in [1.29, 1.82) is 0 Å². The summed E-state index contributed by atoms with van der Waals surface area (Å²) in [5.41, 5.74) is 1.27. The van der Waals surface area contributed by atoms with E-state index in [4.69, 9.17) is 11.6 Å². The Morgan fingerprint density at radius 2 is 2.07 bits per heavy atom. The zero-order valence-electron chi connectivity index (χ0n) is 15.1. The maximum absolute atomic E-state index is 13.3. The smallest absolute Gasteiger partial charge is 0.237 e. The molecule has 1 amide bonds. The second kappa shape index (κ2) is 9.03. The fraction of sp³-hybridized carbons (Fsp3) is 0.150. The van der Waals surface area contributed by atoms with Crippen LogP contribution < -0.4 is 5.32 Å². The number of nitrogens with zero attached hydrogens (tertiary/aromatic N) is 3. The molecule has 0 saturated carbocycles. The van der Waals surface area contributed by atoms with Crippen LogP contribution in [0, 0.1) is 5.82 Å². The molecule has 2 aromatic carbocycles. The van der Waals surface area contributed by atoms with Gasteiger partial charge in [0.15, 0.2) is 11.0 Å². The summed E-state index contributed by atoms with van der Waals surface area (Å²) in [5, 5.41) is 12.0. The maximum atomic E-state index is 13.3. The predicted octanol–water partition coefficient (Wildman–Crippen LogP) is 5.04. The average molecular weight is 417 g/mol. The highest BCUT2D eigenvalue weighted by Crippen LogP contribution is 2.28. The summed E-state index contributed by atoms with van der Waals surface area (Å²) in [6.45, 7) is 6.03. The molecule has 0 radical (unpaired) electrons. The lowest BCUT2D eigenvalue weighted by atomic mass is 10.2. The number of anilines is 1. The van der Waals surface area contributed by atoms with Gasteiger partial charge in [0.05, 0.1) is 5.25 Å². The molecule has 0 fully saturated rings. The van der Waals surface area contributed by atoms with E-state index in [1.54, 1.807) is 37.3 Å². The molecule has 1 aromatic heterocycles. The van der Waals surface area contributed by atoms with Gasteiger partial charge in [-0.05, 0) is 49.4 Å². The third-order valence-corrected chi connectivity index (χ3v) is 5.21. The van der Waals surface area contributed by atoms with Crippen molar-refractivity contribution in [1.82, 2.24) is 14.8 Å². The first kappa shape index (κ1) is 20.1. The SMILES string of the molecule is C=CCn1c(S[C@@H](C)C(=O)Nc2cccc(F)c2)nnc1-c1ccc(Cl)cc1. The fourth-order valence-electron chi connectivity index (χ4n) is 2.50. The van der Waals surface area contributed by atoms with E-state index in [0.717, 1.165) is 5.56 Å². The van der Waals surface area contributed by atoms with Gasteiger partial charge in [0, 0.05) is 22.8 Å². The Morgan fingerprint density at radius 1 is 1.32 bits per heavy atom. The Balaban J connectivity index is 1.78. The second-order valence-corrected chi connectivity index (χ2v) is 7.72. The Kier molecular flexibility index (Phi) is 6.49. The van der Waals surface area contributed by atoms with Crippen LogP contribution >= 0.6 is 23.4 Å². The highest BCUT2D eigenvalue weighted by molar-refractivity contribution is 8.00. The van der Waals surface area contributed by atoms with E-state index in [0.29, 0.717) is 28.2 Å². The molecule has 0 unspecified atom stereocenters. The number of benzene rings is 2. The molecular formula is C20H18ClFN4OS. The van der Waals surface area contributed by atoms with Gasteiger partial charge >= 0.3 is 0 Å². The highest BCUT2D eigenvalue weighted by atomic mass is 35.5. The number of hydrogen-bond donors (Lipinski definition) is 1. The normalized spacial score (nSPS) is 11.8. The molecule has 1 N–H and O–H groups in total. The number of allylic oxidation sites excluding steroid dienone is 1. The summed E-state index contributed by atoms with van der Waals surface area (Å²) in [7, 11) is 0. The minimum Gasteiger partial charge on any atom is -0.325 e. The van der Waals surface area contributed by atoms with Crippen molar-refractivity contribution >= 4 is 35.0 Å². The Morgan fingerprint density at radius 3 is 2.75 bits per heavy atom. The van der Waals surface area contributed by atoms with E-state index < -0.39 is 11.1 Å². The summed E-state index contributed by atoms with van der Waals surface area (Å²) in [5.74, 6) is 0.00467. The summed E-state index contributed by atoms with van der Waals surface area (Å²) in [6.07, 6.45) is 1.74. The first-order valence-electron chi connectivity index (χ1n) is 8.51. The Hall–Kier alpha value is -2.64. The van der Waals surface area contributed by atoms with E-state index in [-0.39, 0.29) is 5.91 Å². The average Bonchev–Trinajstić information content (AvgIpc) is 3.05. The standard InChI is InChI=1S/C20H18ClFN4OS/c1-3-11-26-18(14-7-9-15(21)10-8-14)24-25-20(26)28-13(2)19(27)23-17-6-4-5-16(22)12-17/h3-10,12-13H,1,11H2,2H3,(H,23,27)/t13-/m0/s1. The van der Waals surface area contributed by atoms with Crippen molar-refractivity contribution in [2.45, 2.75) is 23.9 Å². The van der Waals surface area contributed by atoms with Crippen LogP contribution in [0.1, 0.15) is 6.92 Å². The molecule has 0 aliphatic rings. The topological polar surface area (TPSA) is 59.8 Å². The molecule has 0 aliphatic heterocycles. The van der Waals surface area contributed by atoms with Gasteiger partial charge in [-0.1, -0.05) is 35.5 Å². The Labute approximate surface area is 171 Å². The van der Waals surface area contributed by atoms with E-state index in [1.807, 2.05) is 16.7 Å². The number of carbonyl (C=O) groups excluding carboxylic acids is 1. The van der Waals surface area contributed by atoms with Gasteiger partial charge < -0.3 is 5.32 Å². The predicted molar refractivity (Wildman–Crippen MR) is 111 cm³/mol. The molecule has 0 saturated heterocycles. The molecule has 144 valence electrons. The minimum atomic E-state index is -0.464. The van der Waals surface area contributed by atoms with Crippen molar-refractivity contribution in [2.75, 3.05) is 5.32 Å². The Bertz CT molecular complexity index is 990. The largest absolute Gasteiger partial charge is 0.325 e. The number of halogens is 2. The van der Waals surface area contributed by atoms with Crippen molar-refractivity contribution in [3.8, 4) is 11.4 Å². The lowest BCUT2D eigenvalue weighted by Gasteiger charge is -2.13. The van der Waals surface area contributed by atoms with E-state index in [1.165, 1.54) is 23.9 Å². The van der Waals surface area contributed by atoms with Crippen molar-refractivity contribution in [3.05, 3.63) is 72.0 Å². The molecule has 8 heteroatoms. The molecule has 3 aromatic rings. The first-order chi connectivity index (χ1) is 13.5. The van der Waals surface area contributed by atoms with Crippen LogP contribution in [-0.2, 0) is 11.3 Å². The van der Waals surface area contributed by atoms with Gasteiger partial charge in [0.2, 0.25) is 5.91 Å². The molecule has 0 spiro atoms. The van der Waals surface area contributed by atoms with Crippen LogP contribution in [0.3, 0.4) is 0 Å². The monoisotopic (exact) mass is 416 g/mol. The molecule has 1 heterocycles. The van der Waals surface area contributed by atoms with Gasteiger partial charge in [0.25, 0.3) is 0 Å². The maximum Gasteiger partial charge on any atom is 0.237 e. The van der Waals surface area contributed by atoms with Crippen LogP contribution in [0.4, 0.5) is 10.1 Å². The number of carbonyl (C=O) groups is 1. The zero-order valence-corrected chi connectivity index (χ0v) is 16.7. The summed E-state index contributed by atoms with van der Waals surface area (Å²) >= 11 is 7.22. The van der Waals surface area contributed by atoms with Crippen molar-refractivity contribution < 1.29 is 9.18 Å². The number of aromatic nitrogens is 3. The second-order valence-electron chi connectivity index (χ2n) is 5.97. The number of amides is 1.